The van der Waals surface area contributed by atoms with Gasteiger partial charge in [-0.05, 0) is 51.5 Å². The third-order valence-corrected chi connectivity index (χ3v) is 4.96. The molecule has 1 N–H and O–H groups in total. The number of hydrogen-bond acceptors (Lipinski definition) is 4. The minimum absolute atomic E-state index is 0.177. The van der Waals surface area contributed by atoms with Gasteiger partial charge in [0.25, 0.3) is 5.91 Å². The topological polar surface area (TPSA) is 69.3 Å². The zero-order chi connectivity index (χ0) is 20.3. The van der Waals surface area contributed by atoms with Crippen molar-refractivity contribution < 1.29 is 13.9 Å². The van der Waals surface area contributed by atoms with Crippen LogP contribution in [0.25, 0.3) is 0 Å². The number of aromatic nitrogens is 2. The highest BCUT2D eigenvalue weighted by molar-refractivity contribution is 6.32. The van der Waals surface area contributed by atoms with Gasteiger partial charge in [0.15, 0.2) is 5.76 Å². The van der Waals surface area contributed by atoms with Gasteiger partial charge < -0.3 is 14.5 Å². The monoisotopic (exact) mass is 401 g/mol. The fourth-order valence-electron chi connectivity index (χ4n) is 3.07. The number of ether oxygens (including phenoxy) is 1. The average molecular weight is 402 g/mol. The van der Waals surface area contributed by atoms with E-state index in [9.17, 15) is 4.79 Å². The summed E-state index contributed by atoms with van der Waals surface area (Å²) in [5, 5.41) is 7.81. The predicted molar refractivity (Wildman–Crippen MR) is 108 cm³/mol. The highest BCUT2D eigenvalue weighted by Crippen LogP contribution is 2.29. The summed E-state index contributed by atoms with van der Waals surface area (Å²) >= 11 is 6.17. The number of hydrogen-bond donors (Lipinski definition) is 1. The van der Waals surface area contributed by atoms with Crippen molar-refractivity contribution in [2.24, 2.45) is 0 Å². The van der Waals surface area contributed by atoms with Crippen LogP contribution in [0.3, 0.4) is 0 Å². The molecule has 1 amide bonds. The maximum Gasteiger partial charge on any atom is 0.287 e. The van der Waals surface area contributed by atoms with Crippen LogP contribution in [-0.4, -0.2) is 15.7 Å². The molecule has 2 heterocycles. The third-order valence-electron chi connectivity index (χ3n) is 4.66. The number of para-hydroxylation sites is 1. The van der Waals surface area contributed by atoms with Gasteiger partial charge in [0.05, 0.1) is 17.3 Å². The van der Waals surface area contributed by atoms with Crippen LogP contribution in [0.1, 0.15) is 53.0 Å². The molecule has 148 valence electrons. The van der Waals surface area contributed by atoms with Crippen LogP contribution in [0.2, 0.25) is 5.02 Å². The molecule has 3 rings (SSSR count). The van der Waals surface area contributed by atoms with E-state index < -0.39 is 0 Å². The van der Waals surface area contributed by atoms with E-state index in [2.05, 4.69) is 10.4 Å². The fraction of sp³-hybridized carbons (Fsp3) is 0.333. The van der Waals surface area contributed by atoms with Crippen LogP contribution < -0.4 is 10.1 Å². The number of furan rings is 1. The second-order valence-electron chi connectivity index (χ2n) is 6.64. The van der Waals surface area contributed by atoms with Gasteiger partial charge in [-0.3, -0.25) is 9.48 Å². The fourth-order valence-corrected chi connectivity index (χ4v) is 3.35. The number of amides is 1. The number of aryl methyl sites for hydroxylation is 2. The van der Waals surface area contributed by atoms with Crippen LogP contribution in [0.5, 0.6) is 5.75 Å². The molecule has 1 atom stereocenters. The number of carbonyl (C=O) groups excluding carboxylic acids is 1. The molecule has 0 aliphatic carbocycles. The quantitative estimate of drug-likeness (QED) is 0.615. The number of benzene rings is 1. The Kier molecular flexibility index (Phi) is 6.09. The lowest BCUT2D eigenvalue weighted by Gasteiger charge is -2.13. The van der Waals surface area contributed by atoms with Crippen LogP contribution in [0, 0.1) is 13.8 Å². The Hall–Kier alpha value is -2.73. The maximum atomic E-state index is 12.5. The summed E-state index contributed by atoms with van der Waals surface area (Å²) < 4.78 is 13.3. The summed E-state index contributed by atoms with van der Waals surface area (Å²) in [4.78, 5) is 12.5. The molecule has 2 aromatic heterocycles. The van der Waals surface area contributed by atoms with Crippen LogP contribution in [-0.2, 0) is 13.2 Å². The normalized spacial score (nSPS) is 12.0. The molecule has 0 spiro atoms. The molecule has 7 heteroatoms. The van der Waals surface area contributed by atoms with Crippen molar-refractivity contribution in [3.63, 3.8) is 0 Å². The zero-order valence-corrected chi connectivity index (χ0v) is 17.2. The Morgan fingerprint density at radius 2 is 2.11 bits per heavy atom. The number of nitrogens with one attached hydrogen (secondary N) is 1. The molecule has 28 heavy (non-hydrogen) atoms. The summed E-state index contributed by atoms with van der Waals surface area (Å²) in [5.74, 6) is 1.12. The van der Waals surface area contributed by atoms with Gasteiger partial charge in [-0.25, -0.2) is 0 Å². The first-order chi connectivity index (χ1) is 13.4. The molecule has 1 unspecified atom stereocenters. The molecule has 0 saturated heterocycles. The standard InChI is InChI=1S/C21H24ClN3O3/c1-5-25-15(4)17(11-23-25)14(3)24-21(26)19-10-9-16(28-19)12-27-20-13(2)7-6-8-18(20)22/h6-11,14H,5,12H2,1-4H3,(H,24,26). The second kappa shape index (κ2) is 8.52. The smallest absolute Gasteiger partial charge is 0.287 e. The van der Waals surface area contributed by atoms with E-state index in [1.54, 1.807) is 24.4 Å². The van der Waals surface area contributed by atoms with Gasteiger partial charge in [-0.2, -0.15) is 5.10 Å². The molecule has 0 fully saturated rings. The summed E-state index contributed by atoms with van der Waals surface area (Å²) in [6.07, 6.45) is 1.79. The lowest BCUT2D eigenvalue weighted by Crippen LogP contribution is -2.26. The Balaban J connectivity index is 1.63. The zero-order valence-electron chi connectivity index (χ0n) is 16.5. The Morgan fingerprint density at radius 3 is 2.79 bits per heavy atom. The van der Waals surface area contributed by atoms with Gasteiger partial charge >= 0.3 is 0 Å². The number of rotatable bonds is 7. The molecule has 0 bridgehead atoms. The average Bonchev–Trinajstić information content (AvgIpc) is 3.28. The predicted octanol–water partition coefficient (Wildman–Crippen LogP) is 4.84. The molecule has 0 saturated carbocycles. The minimum atomic E-state index is -0.281. The molecule has 0 radical (unpaired) electrons. The SMILES string of the molecule is CCn1ncc(C(C)NC(=O)c2ccc(COc3c(C)cccc3Cl)o2)c1C. The van der Waals surface area contributed by atoms with E-state index in [0.717, 1.165) is 23.4 Å². The molecular formula is C21H24ClN3O3. The summed E-state index contributed by atoms with van der Waals surface area (Å²) in [5.41, 5.74) is 2.97. The van der Waals surface area contributed by atoms with Gasteiger partial charge in [-0.1, -0.05) is 23.7 Å². The van der Waals surface area contributed by atoms with E-state index in [4.69, 9.17) is 20.8 Å². The highest BCUT2D eigenvalue weighted by Gasteiger charge is 2.18. The summed E-state index contributed by atoms with van der Waals surface area (Å²) in [6.45, 7) is 8.85. The number of halogens is 1. The van der Waals surface area contributed by atoms with Crippen molar-refractivity contribution in [2.75, 3.05) is 0 Å². The van der Waals surface area contributed by atoms with Crippen molar-refractivity contribution in [3.8, 4) is 5.75 Å². The minimum Gasteiger partial charge on any atom is -0.484 e. The third kappa shape index (κ3) is 4.22. The molecule has 6 nitrogen and oxygen atoms in total. The first kappa shape index (κ1) is 20.0. The summed E-state index contributed by atoms with van der Waals surface area (Å²) in [6, 6.07) is 8.76. The van der Waals surface area contributed by atoms with E-state index in [-0.39, 0.29) is 24.3 Å². The lowest BCUT2D eigenvalue weighted by molar-refractivity contribution is 0.0907. The second-order valence-corrected chi connectivity index (χ2v) is 7.04. The van der Waals surface area contributed by atoms with E-state index in [0.29, 0.717) is 16.5 Å². The van der Waals surface area contributed by atoms with Crippen molar-refractivity contribution in [1.82, 2.24) is 15.1 Å². The number of nitrogens with zero attached hydrogens (tertiary/aromatic N) is 2. The highest BCUT2D eigenvalue weighted by atomic mass is 35.5. The molecule has 0 aliphatic rings. The van der Waals surface area contributed by atoms with E-state index in [1.165, 1.54) is 0 Å². The van der Waals surface area contributed by atoms with Gasteiger partial charge in [0.2, 0.25) is 0 Å². The van der Waals surface area contributed by atoms with Crippen molar-refractivity contribution in [1.29, 1.82) is 0 Å². The molecule has 1 aromatic carbocycles. The van der Waals surface area contributed by atoms with Crippen LogP contribution in [0.15, 0.2) is 40.9 Å². The Labute approximate surface area is 169 Å². The first-order valence-corrected chi connectivity index (χ1v) is 9.58. The molecule has 0 aliphatic heterocycles. The molecule has 3 aromatic rings. The van der Waals surface area contributed by atoms with Crippen molar-refractivity contribution in [2.45, 2.75) is 46.9 Å². The van der Waals surface area contributed by atoms with Crippen LogP contribution >= 0.6 is 11.6 Å². The van der Waals surface area contributed by atoms with E-state index >= 15 is 0 Å². The van der Waals surface area contributed by atoms with Crippen LogP contribution in [0.4, 0.5) is 0 Å². The Morgan fingerprint density at radius 1 is 1.32 bits per heavy atom. The summed E-state index contributed by atoms with van der Waals surface area (Å²) in [7, 11) is 0. The van der Waals surface area contributed by atoms with Crippen molar-refractivity contribution in [3.05, 3.63) is 69.9 Å². The lowest BCUT2D eigenvalue weighted by atomic mass is 10.1. The molecular weight excluding hydrogens is 378 g/mol. The van der Waals surface area contributed by atoms with E-state index in [1.807, 2.05) is 44.5 Å². The number of carbonyl (C=O) groups is 1. The van der Waals surface area contributed by atoms with Gasteiger partial charge in [-0.15, -0.1) is 0 Å². The largest absolute Gasteiger partial charge is 0.484 e. The van der Waals surface area contributed by atoms with Gasteiger partial charge in [0.1, 0.15) is 18.1 Å². The first-order valence-electron chi connectivity index (χ1n) is 9.20. The Bertz CT molecular complexity index is 957. The van der Waals surface area contributed by atoms with Gasteiger partial charge in [0, 0.05) is 17.8 Å². The maximum absolute atomic E-state index is 12.5. The van der Waals surface area contributed by atoms with Crippen molar-refractivity contribution >= 4 is 17.5 Å².